The van der Waals surface area contributed by atoms with Crippen LogP contribution in [0.1, 0.15) is 18.9 Å². The Kier molecular flexibility index (Phi) is 5.23. The molecule has 1 saturated heterocycles. The van der Waals surface area contributed by atoms with Crippen LogP contribution in [-0.2, 0) is 6.42 Å². The van der Waals surface area contributed by atoms with E-state index in [0.717, 1.165) is 24.6 Å². The molecule has 2 rings (SSSR count). The Balaban J connectivity index is 1.82. The van der Waals surface area contributed by atoms with E-state index < -0.39 is 0 Å². The van der Waals surface area contributed by atoms with Crippen LogP contribution in [0.25, 0.3) is 0 Å². The third-order valence-corrected chi connectivity index (χ3v) is 4.21. The second-order valence-electron chi connectivity index (χ2n) is 5.56. The van der Waals surface area contributed by atoms with Crippen molar-refractivity contribution in [2.45, 2.75) is 25.8 Å². The van der Waals surface area contributed by atoms with E-state index >= 15 is 0 Å². The van der Waals surface area contributed by atoms with Crippen molar-refractivity contribution >= 4 is 0 Å². The minimum absolute atomic E-state index is 0.688. The highest BCUT2D eigenvalue weighted by Gasteiger charge is 2.24. The number of nitrogens with zero attached hydrogens (tertiary/aromatic N) is 1. The summed E-state index contributed by atoms with van der Waals surface area (Å²) < 4.78 is 5.27. The molecule has 0 aromatic heterocycles. The number of methoxy groups -OCH3 is 1. The van der Waals surface area contributed by atoms with E-state index in [-0.39, 0.29) is 0 Å². The molecule has 1 aromatic rings. The van der Waals surface area contributed by atoms with Gasteiger partial charge in [-0.3, -0.25) is 0 Å². The molecule has 0 amide bonds. The molecule has 19 heavy (non-hydrogen) atoms. The Labute approximate surface area is 116 Å². The predicted molar refractivity (Wildman–Crippen MR) is 79.8 cm³/mol. The molecule has 1 aliphatic heterocycles. The number of hydrogen-bond donors (Lipinski definition) is 1. The van der Waals surface area contributed by atoms with Crippen molar-refractivity contribution in [1.29, 1.82) is 0 Å². The summed E-state index contributed by atoms with van der Waals surface area (Å²) in [5.41, 5.74) is 1.36. The molecule has 0 bridgehead atoms. The molecule has 1 N–H and O–H groups in total. The highest BCUT2D eigenvalue weighted by Crippen LogP contribution is 2.18. The summed E-state index contributed by atoms with van der Waals surface area (Å²) in [4.78, 5) is 2.58. The topological polar surface area (TPSA) is 24.5 Å². The zero-order valence-corrected chi connectivity index (χ0v) is 12.4. The lowest BCUT2D eigenvalue weighted by Gasteiger charge is -2.36. The molecule has 3 nitrogen and oxygen atoms in total. The second kappa shape index (κ2) is 6.92. The maximum atomic E-state index is 5.27. The van der Waals surface area contributed by atoms with Gasteiger partial charge < -0.3 is 15.0 Å². The molecule has 1 aromatic carbocycles. The van der Waals surface area contributed by atoms with Crippen LogP contribution in [0.4, 0.5) is 0 Å². The van der Waals surface area contributed by atoms with Crippen LogP contribution in [0.15, 0.2) is 24.3 Å². The van der Waals surface area contributed by atoms with E-state index in [1.807, 2.05) is 6.07 Å². The Morgan fingerprint density at radius 2 is 2.26 bits per heavy atom. The first-order valence-electron chi connectivity index (χ1n) is 7.25. The van der Waals surface area contributed by atoms with Gasteiger partial charge in [0.2, 0.25) is 0 Å². The van der Waals surface area contributed by atoms with Crippen molar-refractivity contribution in [2.75, 3.05) is 33.8 Å². The monoisotopic (exact) mass is 262 g/mol. The van der Waals surface area contributed by atoms with Crippen LogP contribution in [0.2, 0.25) is 0 Å². The van der Waals surface area contributed by atoms with Crippen LogP contribution >= 0.6 is 0 Å². The lowest BCUT2D eigenvalue weighted by atomic mass is 9.94. The minimum atomic E-state index is 0.688. The van der Waals surface area contributed by atoms with Crippen molar-refractivity contribution in [3.63, 3.8) is 0 Å². The Morgan fingerprint density at radius 1 is 1.42 bits per heavy atom. The van der Waals surface area contributed by atoms with Crippen LogP contribution < -0.4 is 10.1 Å². The van der Waals surface area contributed by atoms with Gasteiger partial charge in [0.1, 0.15) is 5.75 Å². The summed E-state index contributed by atoms with van der Waals surface area (Å²) in [6.07, 6.45) is 2.36. The fourth-order valence-electron chi connectivity index (χ4n) is 2.98. The maximum absolute atomic E-state index is 5.27. The first-order chi connectivity index (χ1) is 9.22. The fourth-order valence-corrected chi connectivity index (χ4v) is 2.98. The van der Waals surface area contributed by atoms with E-state index in [4.69, 9.17) is 4.74 Å². The molecular formula is C16H26N2O. The van der Waals surface area contributed by atoms with Crippen molar-refractivity contribution in [3.8, 4) is 5.75 Å². The summed E-state index contributed by atoms with van der Waals surface area (Å²) in [5.74, 6) is 1.70. The average molecular weight is 262 g/mol. The van der Waals surface area contributed by atoms with E-state index in [1.165, 1.54) is 25.1 Å². The predicted octanol–water partition coefficient (Wildman–Crippen LogP) is 2.17. The van der Waals surface area contributed by atoms with Gasteiger partial charge in [-0.25, -0.2) is 0 Å². The summed E-state index contributed by atoms with van der Waals surface area (Å²) in [6.45, 7) is 5.90. The van der Waals surface area contributed by atoms with E-state index in [0.29, 0.717) is 6.04 Å². The van der Waals surface area contributed by atoms with Gasteiger partial charge in [0, 0.05) is 19.1 Å². The minimum Gasteiger partial charge on any atom is -0.497 e. The maximum Gasteiger partial charge on any atom is 0.119 e. The summed E-state index contributed by atoms with van der Waals surface area (Å²) >= 11 is 0. The Bertz CT molecular complexity index is 394. The van der Waals surface area contributed by atoms with Crippen LogP contribution in [-0.4, -0.2) is 44.7 Å². The number of piperidine rings is 1. The summed E-state index contributed by atoms with van der Waals surface area (Å²) in [6, 6.07) is 9.09. The van der Waals surface area contributed by atoms with Crippen LogP contribution in [0.5, 0.6) is 5.75 Å². The first-order valence-corrected chi connectivity index (χ1v) is 7.25. The number of rotatable bonds is 5. The van der Waals surface area contributed by atoms with Crippen LogP contribution in [0.3, 0.4) is 0 Å². The quantitative estimate of drug-likeness (QED) is 0.880. The van der Waals surface area contributed by atoms with E-state index in [9.17, 15) is 0 Å². The van der Waals surface area contributed by atoms with Crippen LogP contribution in [0, 0.1) is 5.92 Å². The molecule has 0 radical (unpaired) electrons. The Morgan fingerprint density at radius 3 is 2.95 bits per heavy atom. The van der Waals surface area contributed by atoms with Gasteiger partial charge in [-0.15, -0.1) is 0 Å². The van der Waals surface area contributed by atoms with Gasteiger partial charge in [-0.05, 0) is 50.0 Å². The van der Waals surface area contributed by atoms with Gasteiger partial charge in [0.15, 0.2) is 0 Å². The van der Waals surface area contributed by atoms with Crippen molar-refractivity contribution in [2.24, 2.45) is 5.92 Å². The van der Waals surface area contributed by atoms with Crippen molar-refractivity contribution in [1.82, 2.24) is 10.2 Å². The fraction of sp³-hybridized carbons (Fsp3) is 0.625. The number of likely N-dealkylation sites (tertiary alicyclic amines) is 1. The number of ether oxygens (including phenoxy) is 1. The molecule has 1 aliphatic rings. The molecule has 2 atom stereocenters. The molecule has 0 saturated carbocycles. The van der Waals surface area contributed by atoms with E-state index in [1.54, 1.807) is 7.11 Å². The SMILES string of the molecule is CNC1CCN(CCc2cccc(OC)c2)CC1C. The molecule has 0 aliphatic carbocycles. The van der Waals surface area contributed by atoms with E-state index in [2.05, 4.69) is 42.4 Å². The van der Waals surface area contributed by atoms with Gasteiger partial charge in [-0.1, -0.05) is 19.1 Å². The molecule has 1 fully saturated rings. The number of benzene rings is 1. The average Bonchev–Trinajstić information content (AvgIpc) is 2.45. The standard InChI is InChI=1S/C16H26N2O/c1-13-12-18(10-8-16(13)17-2)9-7-14-5-4-6-15(11-14)19-3/h4-6,11,13,16-17H,7-10,12H2,1-3H3. The lowest BCUT2D eigenvalue weighted by molar-refractivity contribution is 0.153. The molecule has 106 valence electrons. The van der Waals surface area contributed by atoms with Gasteiger partial charge in [-0.2, -0.15) is 0 Å². The molecule has 2 unspecified atom stereocenters. The normalized spacial score (nSPS) is 24.4. The number of nitrogens with one attached hydrogen (secondary N) is 1. The van der Waals surface area contributed by atoms with Gasteiger partial charge >= 0.3 is 0 Å². The highest BCUT2D eigenvalue weighted by molar-refractivity contribution is 5.28. The van der Waals surface area contributed by atoms with Gasteiger partial charge in [0.25, 0.3) is 0 Å². The highest BCUT2D eigenvalue weighted by atomic mass is 16.5. The Hall–Kier alpha value is -1.06. The zero-order chi connectivity index (χ0) is 13.7. The van der Waals surface area contributed by atoms with Crippen molar-refractivity contribution < 1.29 is 4.74 Å². The lowest BCUT2D eigenvalue weighted by Crippen LogP contribution is -2.47. The first kappa shape index (κ1) is 14.4. The van der Waals surface area contributed by atoms with Crippen molar-refractivity contribution in [3.05, 3.63) is 29.8 Å². The number of hydrogen-bond acceptors (Lipinski definition) is 3. The zero-order valence-electron chi connectivity index (χ0n) is 12.4. The summed E-state index contributed by atoms with van der Waals surface area (Å²) in [5, 5.41) is 3.42. The third-order valence-electron chi connectivity index (χ3n) is 4.21. The largest absolute Gasteiger partial charge is 0.497 e. The molecule has 0 spiro atoms. The summed E-state index contributed by atoms with van der Waals surface area (Å²) in [7, 11) is 3.80. The third kappa shape index (κ3) is 3.95. The smallest absolute Gasteiger partial charge is 0.119 e. The molecular weight excluding hydrogens is 236 g/mol. The molecule has 3 heteroatoms. The molecule has 1 heterocycles. The second-order valence-corrected chi connectivity index (χ2v) is 5.56. The van der Waals surface area contributed by atoms with Gasteiger partial charge in [0.05, 0.1) is 7.11 Å².